The molecule has 7 nitrogen and oxygen atoms in total. The molecule has 0 aromatic heterocycles. The number of hydrogen-bond donors (Lipinski definition) is 0. The Labute approximate surface area is 246 Å². The molecule has 2 heterocycles. The molecule has 6 rings (SSSR count). The minimum absolute atomic E-state index is 0.323. The third-order valence-corrected chi connectivity index (χ3v) is 7.50. The Balaban J connectivity index is 1.27. The summed E-state index contributed by atoms with van der Waals surface area (Å²) in [5, 5.41) is 0. The summed E-state index contributed by atoms with van der Waals surface area (Å²) in [6.07, 6.45) is -3.18. The maximum absolute atomic E-state index is 6.66. The van der Waals surface area contributed by atoms with Crippen LogP contribution in [0.5, 0.6) is 5.75 Å². The lowest BCUT2D eigenvalue weighted by molar-refractivity contribution is -0.374. The molecule has 0 aliphatic carbocycles. The fraction of sp³-hybridized carbons (Fsp3) is 0.314. The average Bonchev–Trinajstić information content (AvgIpc) is 3.06. The standard InChI is InChI=1S/C35H36O7/c1-36-29-19-17-28(18-20-29)34-40-24-30-31(42-34)32(37-21-25-11-5-2-6-12-25)33(38-22-26-13-7-3-8-14-26)35(41-30)39-23-27-15-9-4-10-16-27/h2-20,30-35H,21-24H2,1H3. The predicted molar refractivity (Wildman–Crippen MR) is 156 cm³/mol. The normalized spacial score (nSPS) is 25.5. The summed E-state index contributed by atoms with van der Waals surface area (Å²) in [5.41, 5.74) is 4.04. The Bertz CT molecular complexity index is 1350. The Kier molecular flexibility index (Phi) is 9.57. The van der Waals surface area contributed by atoms with Gasteiger partial charge < -0.3 is 33.2 Å². The van der Waals surface area contributed by atoms with E-state index in [1.165, 1.54) is 0 Å². The summed E-state index contributed by atoms with van der Waals surface area (Å²) in [6, 6.07) is 37.9. The zero-order valence-corrected chi connectivity index (χ0v) is 23.6. The first-order valence-corrected chi connectivity index (χ1v) is 14.3. The van der Waals surface area contributed by atoms with Gasteiger partial charge in [-0.25, -0.2) is 0 Å². The van der Waals surface area contributed by atoms with Gasteiger partial charge in [0.1, 0.15) is 30.2 Å². The quantitative estimate of drug-likeness (QED) is 0.213. The van der Waals surface area contributed by atoms with E-state index in [0.717, 1.165) is 28.0 Å². The molecule has 2 aliphatic rings. The maximum atomic E-state index is 6.66. The Morgan fingerprint density at radius 1 is 0.595 bits per heavy atom. The van der Waals surface area contributed by atoms with Crippen molar-refractivity contribution >= 4 is 0 Å². The number of fused-ring (bicyclic) bond motifs is 1. The monoisotopic (exact) mass is 568 g/mol. The third-order valence-electron chi connectivity index (χ3n) is 7.50. The van der Waals surface area contributed by atoms with Gasteiger partial charge >= 0.3 is 0 Å². The highest BCUT2D eigenvalue weighted by Gasteiger charge is 2.52. The van der Waals surface area contributed by atoms with Gasteiger partial charge in [0, 0.05) is 5.56 Å². The molecule has 218 valence electrons. The number of rotatable bonds is 11. The summed E-state index contributed by atoms with van der Waals surface area (Å²) < 4.78 is 44.2. The van der Waals surface area contributed by atoms with E-state index < -0.39 is 37.0 Å². The number of benzene rings is 4. The van der Waals surface area contributed by atoms with Crippen LogP contribution in [0.25, 0.3) is 0 Å². The Hall–Kier alpha value is -3.56. The summed E-state index contributed by atoms with van der Waals surface area (Å²) in [4.78, 5) is 0. The zero-order valence-electron chi connectivity index (χ0n) is 23.6. The fourth-order valence-electron chi connectivity index (χ4n) is 5.26. The fourth-order valence-corrected chi connectivity index (χ4v) is 5.26. The Morgan fingerprint density at radius 2 is 1.12 bits per heavy atom. The van der Waals surface area contributed by atoms with Gasteiger partial charge in [0.2, 0.25) is 0 Å². The highest BCUT2D eigenvalue weighted by Crippen LogP contribution is 2.38. The minimum atomic E-state index is -0.694. The third kappa shape index (κ3) is 7.07. The second kappa shape index (κ2) is 14.1. The van der Waals surface area contributed by atoms with Crippen LogP contribution < -0.4 is 4.74 Å². The molecule has 0 amide bonds. The van der Waals surface area contributed by atoms with E-state index in [4.69, 9.17) is 33.2 Å². The lowest BCUT2D eigenvalue weighted by Gasteiger charge is -2.49. The van der Waals surface area contributed by atoms with Crippen molar-refractivity contribution in [3.05, 3.63) is 138 Å². The van der Waals surface area contributed by atoms with Crippen LogP contribution in [-0.4, -0.2) is 44.4 Å². The van der Waals surface area contributed by atoms with E-state index in [2.05, 4.69) is 0 Å². The highest BCUT2D eigenvalue weighted by molar-refractivity contribution is 5.28. The van der Waals surface area contributed by atoms with Gasteiger partial charge in [-0.15, -0.1) is 0 Å². The molecule has 0 bridgehead atoms. The van der Waals surface area contributed by atoms with Crippen molar-refractivity contribution in [1.29, 1.82) is 0 Å². The predicted octanol–water partition coefficient (Wildman–Crippen LogP) is 6.22. The highest BCUT2D eigenvalue weighted by atomic mass is 16.8. The average molecular weight is 569 g/mol. The molecular weight excluding hydrogens is 532 g/mol. The van der Waals surface area contributed by atoms with Crippen LogP contribution in [0.2, 0.25) is 0 Å². The second-order valence-corrected chi connectivity index (χ2v) is 10.4. The zero-order chi connectivity index (χ0) is 28.6. The molecular formula is C35H36O7. The van der Waals surface area contributed by atoms with Gasteiger partial charge in [-0.2, -0.15) is 0 Å². The van der Waals surface area contributed by atoms with Crippen LogP contribution in [0, 0.1) is 0 Å². The van der Waals surface area contributed by atoms with Crippen molar-refractivity contribution in [3.63, 3.8) is 0 Å². The molecule has 0 spiro atoms. The topological polar surface area (TPSA) is 64.6 Å². The molecule has 0 radical (unpaired) electrons. The van der Waals surface area contributed by atoms with Gasteiger partial charge in [0.25, 0.3) is 0 Å². The molecule has 0 N–H and O–H groups in total. The van der Waals surface area contributed by atoms with E-state index in [9.17, 15) is 0 Å². The van der Waals surface area contributed by atoms with Crippen LogP contribution >= 0.6 is 0 Å². The first-order valence-electron chi connectivity index (χ1n) is 14.3. The SMILES string of the molecule is COc1ccc(C2OCC3OC(OCc4ccccc4)C(OCc4ccccc4)C(OCc4ccccc4)C3O2)cc1. The lowest BCUT2D eigenvalue weighted by atomic mass is 9.97. The van der Waals surface area contributed by atoms with E-state index in [1.54, 1.807) is 7.11 Å². The van der Waals surface area contributed by atoms with Crippen LogP contribution in [0.4, 0.5) is 0 Å². The van der Waals surface area contributed by atoms with E-state index in [0.29, 0.717) is 26.4 Å². The van der Waals surface area contributed by atoms with Crippen molar-refractivity contribution in [1.82, 2.24) is 0 Å². The van der Waals surface area contributed by atoms with Gasteiger partial charge in [0.15, 0.2) is 12.6 Å². The second-order valence-electron chi connectivity index (χ2n) is 10.4. The van der Waals surface area contributed by atoms with Gasteiger partial charge in [-0.3, -0.25) is 0 Å². The molecule has 6 unspecified atom stereocenters. The molecule has 42 heavy (non-hydrogen) atoms. The van der Waals surface area contributed by atoms with Crippen LogP contribution in [0.15, 0.2) is 115 Å². The van der Waals surface area contributed by atoms with Gasteiger partial charge in [0.05, 0.1) is 33.5 Å². The minimum Gasteiger partial charge on any atom is -0.497 e. The molecule has 4 aromatic carbocycles. The van der Waals surface area contributed by atoms with Gasteiger partial charge in [-0.05, 0) is 28.8 Å². The molecule has 0 saturated carbocycles. The number of methoxy groups -OCH3 is 1. The summed E-state index contributed by atoms with van der Waals surface area (Å²) in [6.45, 7) is 1.46. The first kappa shape index (κ1) is 28.6. The van der Waals surface area contributed by atoms with Crippen molar-refractivity contribution in [2.75, 3.05) is 13.7 Å². The molecule has 6 atom stereocenters. The lowest BCUT2D eigenvalue weighted by Crippen LogP contribution is -2.63. The number of ether oxygens (including phenoxy) is 7. The largest absolute Gasteiger partial charge is 0.497 e. The smallest absolute Gasteiger partial charge is 0.187 e. The molecule has 7 heteroatoms. The van der Waals surface area contributed by atoms with Crippen LogP contribution in [0.3, 0.4) is 0 Å². The van der Waals surface area contributed by atoms with E-state index >= 15 is 0 Å². The maximum Gasteiger partial charge on any atom is 0.187 e. The van der Waals surface area contributed by atoms with Crippen molar-refractivity contribution in [2.24, 2.45) is 0 Å². The summed E-state index contributed by atoms with van der Waals surface area (Å²) in [5.74, 6) is 0.769. The van der Waals surface area contributed by atoms with Crippen LogP contribution in [0.1, 0.15) is 28.5 Å². The molecule has 2 saturated heterocycles. The van der Waals surface area contributed by atoms with Crippen molar-refractivity contribution in [3.8, 4) is 5.75 Å². The molecule has 2 fully saturated rings. The van der Waals surface area contributed by atoms with E-state index in [1.807, 2.05) is 115 Å². The van der Waals surface area contributed by atoms with Crippen molar-refractivity contribution < 1.29 is 33.2 Å². The summed E-state index contributed by atoms with van der Waals surface area (Å²) in [7, 11) is 1.65. The van der Waals surface area contributed by atoms with Crippen LogP contribution in [-0.2, 0) is 48.2 Å². The molecule has 2 aliphatic heterocycles. The summed E-state index contributed by atoms with van der Waals surface area (Å²) >= 11 is 0. The Morgan fingerprint density at radius 3 is 1.67 bits per heavy atom. The first-order chi connectivity index (χ1) is 20.8. The van der Waals surface area contributed by atoms with Gasteiger partial charge in [-0.1, -0.05) is 103 Å². The molecule has 4 aromatic rings. The van der Waals surface area contributed by atoms with Crippen molar-refractivity contribution in [2.45, 2.75) is 56.8 Å². The number of hydrogen-bond acceptors (Lipinski definition) is 7. The van der Waals surface area contributed by atoms with E-state index in [-0.39, 0.29) is 0 Å².